The van der Waals surface area contributed by atoms with Crippen LogP contribution in [0.3, 0.4) is 0 Å². The van der Waals surface area contributed by atoms with Crippen LogP contribution in [0.25, 0.3) is 0 Å². The summed E-state index contributed by atoms with van der Waals surface area (Å²) >= 11 is 0. The van der Waals surface area contributed by atoms with E-state index in [0.717, 1.165) is 48.0 Å². The molecule has 31 heavy (non-hydrogen) atoms. The number of aliphatic imine (C=N–C) groups is 1. The molecule has 1 aliphatic rings. The number of amides is 1. The van der Waals surface area contributed by atoms with Crippen LogP contribution in [0.15, 0.2) is 29.3 Å². The maximum absolute atomic E-state index is 12.3. The highest BCUT2D eigenvalue weighted by atomic mass is 127. The molecule has 170 valence electrons. The summed E-state index contributed by atoms with van der Waals surface area (Å²) in [4.78, 5) is 17.0. The maximum Gasteiger partial charge on any atom is 0.253 e. The van der Waals surface area contributed by atoms with E-state index >= 15 is 0 Å². The summed E-state index contributed by atoms with van der Waals surface area (Å²) in [5.74, 6) is 0.666. The van der Waals surface area contributed by atoms with Gasteiger partial charge in [-0.1, -0.05) is 12.1 Å². The summed E-state index contributed by atoms with van der Waals surface area (Å²) in [6, 6.07) is 7.77. The fourth-order valence-corrected chi connectivity index (χ4v) is 3.51. The summed E-state index contributed by atoms with van der Waals surface area (Å²) in [5, 5.41) is 14.1. The van der Waals surface area contributed by atoms with E-state index in [4.69, 9.17) is 9.73 Å². The van der Waals surface area contributed by atoms with Gasteiger partial charge in [-0.25, -0.2) is 4.99 Å². The van der Waals surface area contributed by atoms with E-state index < -0.39 is 0 Å². The molecule has 2 aromatic rings. The molecule has 3 N–H and O–H groups in total. The fraction of sp³-hybridized carbons (Fsp3) is 0.500. The topological polar surface area (TPSA) is 92.6 Å². The summed E-state index contributed by atoms with van der Waals surface area (Å²) in [7, 11) is 1.95. The number of rotatable bonds is 7. The number of anilines is 1. The molecule has 1 unspecified atom stereocenters. The molecule has 1 aliphatic heterocycles. The number of hydrogen-bond donors (Lipinski definition) is 3. The van der Waals surface area contributed by atoms with Gasteiger partial charge in [-0.05, 0) is 51.3 Å². The number of guanidine groups is 1. The van der Waals surface area contributed by atoms with Gasteiger partial charge in [0.25, 0.3) is 5.91 Å². The minimum absolute atomic E-state index is 0. The van der Waals surface area contributed by atoms with E-state index in [2.05, 4.69) is 28.0 Å². The normalized spacial score (nSPS) is 16.0. The number of ether oxygens (including phenoxy) is 1. The number of carbonyl (C=O) groups excluding carboxylic acids is 1. The summed E-state index contributed by atoms with van der Waals surface area (Å²) in [5.41, 5.74) is 5.13. The zero-order valence-electron chi connectivity index (χ0n) is 18.7. The molecule has 8 nitrogen and oxygen atoms in total. The van der Waals surface area contributed by atoms with Crippen LogP contribution < -0.4 is 16.0 Å². The van der Waals surface area contributed by atoms with Crippen molar-refractivity contribution in [3.63, 3.8) is 0 Å². The van der Waals surface area contributed by atoms with Gasteiger partial charge in [-0.2, -0.15) is 5.10 Å². The summed E-state index contributed by atoms with van der Waals surface area (Å²) < 4.78 is 7.34. The van der Waals surface area contributed by atoms with Crippen LogP contribution >= 0.6 is 24.0 Å². The molecule has 0 aliphatic carbocycles. The molecule has 0 spiro atoms. The highest BCUT2D eigenvalue weighted by Crippen LogP contribution is 2.17. The third-order valence-electron chi connectivity index (χ3n) is 5.27. The first kappa shape index (κ1) is 25.1. The SMILES string of the molecule is CCNC(=NCc1cccc(NC(=O)C2CCCO2)c1)NCc1c(C)nn(C)c1C.I. The Hall–Kier alpha value is -2.14. The van der Waals surface area contributed by atoms with Crippen molar-refractivity contribution in [1.82, 2.24) is 20.4 Å². The number of benzene rings is 1. The van der Waals surface area contributed by atoms with Crippen molar-refractivity contribution in [2.45, 2.75) is 52.8 Å². The van der Waals surface area contributed by atoms with Crippen molar-refractivity contribution in [3.8, 4) is 0 Å². The lowest BCUT2D eigenvalue weighted by molar-refractivity contribution is -0.124. The first-order chi connectivity index (χ1) is 14.5. The standard InChI is InChI=1S/C22H32N6O2.HI/c1-5-23-22(25-14-19-15(2)27-28(4)16(19)3)24-13-17-8-6-9-18(12-17)26-21(29)20-10-7-11-30-20;/h6,8-9,12,20H,5,7,10-11,13-14H2,1-4H3,(H,26,29)(H2,23,24,25);1H. The van der Waals surface area contributed by atoms with Gasteiger partial charge in [-0.15, -0.1) is 24.0 Å². The predicted molar refractivity (Wildman–Crippen MR) is 134 cm³/mol. The lowest BCUT2D eigenvalue weighted by Crippen LogP contribution is -2.37. The van der Waals surface area contributed by atoms with Crippen LogP contribution in [0.4, 0.5) is 5.69 Å². The molecule has 0 radical (unpaired) electrons. The molecule has 1 atom stereocenters. The molecule has 3 rings (SSSR count). The molecule has 1 fully saturated rings. The van der Waals surface area contributed by atoms with E-state index in [1.807, 2.05) is 49.8 Å². The van der Waals surface area contributed by atoms with Crippen LogP contribution in [0, 0.1) is 13.8 Å². The molecule has 1 aromatic heterocycles. The number of nitrogens with one attached hydrogen (secondary N) is 3. The second kappa shape index (κ2) is 12.0. The second-order valence-electron chi connectivity index (χ2n) is 7.51. The lowest BCUT2D eigenvalue weighted by atomic mass is 10.2. The largest absolute Gasteiger partial charge is 0.368 e. The quantitative estimate of drug-likeness (QED) is 0.285. The Kier molecular flexibility index (Phi) is 9.76. The minimum atomic E-state index is -0.337. The van der Waals surface area contributed by atoms with Crippen molar-refractivity contribution >= 4 is 41.5 Å². The monoisotopic (exact) mass is 540 g/mol. The Morgan fingerprint density at radius 1 is 1.32 bits per heavy atom. The summed E-state index contributed by atoms with van der Waals surface area (Å²) in [6.45, 7) is 8.72. The van der Waals surface area contributed by atoms with E-state index in [0.29, 0.717) is 19.7 Å². The molecular formula is C22H33IN6O2. The average molecular weight is 540 g/mol. The number of halogens is 1. The first-order valence-electron chi connectivity index (χ1n) is 10.5. The van der Waals surface area contributed by atoms with Crippen molar-refractivity contribution in [1.29, 1.82) is 0 Å². The van der Waals surface area contributed by atoms with Crippen LogP contribution in [0.1, 0.15) is 42.3 Å². The zero-order chi connectivity index (χ0) is 21.5. The highest BCUT2D eigenvalue weighted by Gasteiger charge is 2.23. The first-order valence-corrected chi connectivity index (χ1v) is 10.5. The molecular weight excluding hydrogens is 507 g/mol. The van der Waals surface area contributed by atoms with Gasteiger partial charge >= 0.3 is 0 Å². The van der Waals surface area contributed by atoms with Crippen molar-refractivity contribution in [2.24, 2.45) is 12.0 Å². The van der Waals surface area contributed by atoms with Crippen molar-refractivity contribution < 1.29 is 9.53 Å². The Balaban J connectivity index is 0.00000341. The van der Waals surface area contributed by atoms with Crippen LogP contribution in [0.2, 0.25) is 0 Å². The van der Waals surface area contributed by atoms with E-state index in [-0.39, 0.29) is 36.0 Å². The lowest BCUT2D eigenvalue weighted by Gasteiger charge is -2.13. The molecule has 0 bridgehead atoms. The second-order valence-corrected chi connectivity index (χ2v) is 7.51. The Labute approximate surface area is 201 Å². The van der Waals surface area contributed by atoms with E-state index in [1.165, 1.54) is 5.56 Å². The van der Waals surface area contributed by atoms with Gasteiger partial charge in [0.2, 0.25) is 0 Å². The van der Waals surface area contributed by atoms with Crippen LogP contribution in [0.5, 0.6) is 0 Å². The van der Waals surface area contributed by atoms with Gasteiger partial charge in [-0.3, -0.25) is 9.48 Å². The Morgan fingerprint density at radius 2 is 2.13 bits per heavy atom. The molecule has 2 heterocycles. The highest BCUT2D eigenvalue weighted by molar-refractivity contribution is 14.0. The number of hydrogen-bond acceptors (Lipinski definition) is 4. The third-order valence-corrected chi connectivity index (χ3v) is 5.27. The van der Waals surface area contributed by atoms with E-state index in [9.17, 15) is 4.79 Å². The van der Waals surface area contributed by atoms with Gasteiger partial charge in [0.15, 0.2) is 5.96 Å². The Bertz CT molecular complexity index is 905. The van der Waals surface area contributed by atoms with Gasteiger partial charge in [0.05, 0.1) is 12.2 Å². The maximum atomic E-state index is 12.3. The predicted octanol–water partition coefficient (Wildman–Crippen LogP) is 3.03. The molecule has 1 amide bonds. The van der Waals surface area contributed by atoms with Gasteiger partial charge in [0.1, 0.15) is 6.10 Å². The van der Waals surface area contributed by atoms with Gasteiger partial charge in [0, 0.05) is 43.7 Å². The molecule has 0 saturated carbocycles. The average Bonchev–Trinajstić information content (AvgIpc) is 3.34. The third kappa shape index (κ3) is 6.93. The molecule has 1 aromatic carbocycles. The number of nitrogens with zero attached hydrogens (tertiary/aromatic N) is 3. The molecule has 9 heteroatoms. The van der Waals surface area contributed by atoms with E-state index in [1.54, 1.807) is 0 Å². The molecule has 1 saturated heterocycles. The van der Waals surface area contributed by atoms with Crippen LogP contribution in [-0.4, -0.2) is 40.9 Å². The smallest absolute Gasteiger partial charge is 0.253 e. The van der Waals surface area contributed by atoms with Crippen LogP contribution in [-0.2, 0) is 29.7 Å². The number of aromatic nitrogens is 2. The Morgan fingerprint density at radius 3 is 2.77 bits per heavy atom. The minimum Gasteiger partial charge on any atom is -0.368 e. The number of aryl methyl sites for hydroxylation is 2. The van der Waals surface area contributed by atoms with Crippen molar-refractivity contribution in [3.05, 3.63) is 46.8 Å². The van der Waals surface area contributed by atoms with Crippen molar-refractivity contribution in [2.75, 3.05) is 18.5 Å². The fourth-order valence-electron chi connectivity index (χ4n) is 3.51. The number of carbonyl (C=O) groups is 1. The summed E-state index contributed by atoms with van der Waals surface area (Å²) in [6.07, 6.45) is 1.38. The van der Waals surface area contributed by atoms with Gasteiger partial charge < -0.3 is 20.7 Å². The zero-order valence-corrected chi connectivity index (χ0v) is 21.0.